The molecule has 0 aromatic heterocycles. The smallest absolute Gasteiger partial charge is 0.0670 e. The third-order valence-electron chi connectivity index (χ3n) is 1.82. The number of hydrogen-bond donors (Lipinski definition) is 1. The Morgan fingerprint density at radius 2 is 2.11 bits per heavy atom. The number of aliphatic hydroxyl groups is 1. The fourth-order valence-electron chi connectivity index (χ4n) is 1.58. The van der Waals surface area contributed by atoms with E-state index in [1.165, 1.54) is 0 Å². The molecule has 0 radical (unpaired) electrons. The molecule has 0 saturated carbocycles. The number of hydrogen-bond acceptors (Lipinski definition) is 2. The second-order valence-corrected chi connectivity index (χ2v) is 3.22. The Bertz CT molecular complexity index is 69.9. The molecule has 1 fully saturated rings. The maximum absolute atomic E-state index is 9.21. The lowest BCUT2D eigenvalue weighted by Crippen LogP contribution is -2.39. The van der Waals surface area contributed by atoms with E-state index in [1.54, 1.807) is 0 Å². The molecule has 0 aromatic carbocycles. The number of aliphatic hydroxyl groups excluding tert-OH is 1. The monoisotopic (exact) mass is 129 g/mol. The van der Waals surface area contributed by atoms with Gasteiger partial charge in [-0.25, -0.2) is 0 Å². The van der Waals surface area contributed by atoms with Crippen molar-refractivity contribution in [2.45, 2.75) is 19.4 Å². The number of likely N-dealkylation sites (tertiary alicyclic amines) is 1. The van der Waals surface area contributed by atoms with E-state index >= 15 is 0 Å². The number of nitrogens with zero attached hydrogens (tertiary/aromatic N) is 1. The maximum Gasteiger partial charge on any atom is 0.0670 e. The molecule has 2 heteroatoms. The molecule has 2 atom stereocenters. The summed E-state index contributed by atoms with van der Waals surface area (Å²) in [5, 5.41) is 9.21. The molecule has 0 amide bonds. The summed E-state index contributed by atoms with van der Waals surface area (Å²) in [5.41, 5.74) is 0. The van der Waals surface area contributed by atoms with Gasteiger partial charge >= 0.3 is 0 Å². The van der Waals surface area contributed by atoms with Gasteiger partial charge in [-0.1, -0.05) is 6.92 Å². The first kappa shape index (κ1) is 7.03. The average molecular weight is 129 g/mol. The summed E-state index contributed by atoms with van der Waals surface area (Å²) in [7, 11) is 2.05. The van der Waals surface area contributed by atoms with Crippen LogP contribution in [0.15, 0.2) is 0 Å². The Kier molecular flexibility index (Phi) is 2.09. The van der Waals surface area contributed by atoms with Gasteiger partial charge in [-0.15, -0.1) is 0 Å². The molecule has 1 heterocycles. The van der Waals surface area contributed by atoms with Crippen molar-refractivity contribution in [1.82, 2.24) is 4.90 Å². The third-order valence-corrected chi connectivity index (χ3v) is 1.82. The summed E-state index contributed by atoms with van der Waals surface area (Å²) < 4.78 is 0. The van der Waals surface area contributed by atoms with E-state index in [2.05, 4.69) is 18.9 Å². The zero-order valence-corrected chi connectivity index (χ0v) is 6.17. The largest absolute Gasteiger partial charge is 0.392 e. The Balaban J connectivity index is 2.34. The molecule has 0 unspecified atom stereocenters. The zero-order chi connectivity index (χ0) is 6.85. The number of β-amino-alcohol motifs (C(OH)–C–C–N with tert-alkyl or cyclic N) is 1. The van der Waals surface area contributed by atoms with Crippen molar-refractivity contribution in [2.24, 2.45) is 5.92 Å². The summed E-state index contributed by atoms with van der Waals surface area (Å²) in [4.78, 5) is 2.18. The van der Waals surface area contributed by atoms with E-state index in [1.807, 2.05) is 0 Å². The van der Waals surface area contributed by atoms with Crippen LogP contribution in [0.4, 0.5) is 0 Å². The van der Waals surface area contributed by atoms with E-state index in [-0.39, 0.29) is 6.10 Å². The standard InChI is InChI=1S/C7H15NO/c1-6-3-7(9)5-8(2)4-6/h6-7,9H,3-5H2,1-2H3/t6-,7-/m1/s1. The Morgan fingerprint density at radius 1 is 1.44 bits per heavy atom. The quantitative estimate of drug-likeness (QED) is 0.509. The number of rotatable bonds is 0. The molecule has 9 heavy (non-hydrogen) atoms. The third kappa shape index (κ3) is 1.95. The van der Waals surface area contributed by atoms with Crippen molar-refractivity contribution in [1.29, 1.82) is 0 Å². The van der Waals surface area contributed by atoms with Gasteiger partial charge < -0.3 is 10.0 Å². The van der Waals surface area contributed by atoms with Crippen LogP contribution in [-0.2, 0) is 0 Å². The minimum absolute atomic E-state index is 0.0845. The fraction of sp³-hybridized carbons (Fsp3) is 1.00. The van der Waals surface area contributed by atoms with Gasteiger partial charge in [-0.3, -0.25) is 0 Å². The van der Waals surface area contributed by atoms with Crippen LogP contribution in [0.1, 0.15) is 13.3 Å². The summed E-state index contributed by atoms with van der Waals surface area (Å²) in [5.74, 6) is 0.666. The first-order chi connectivity index (χ1) is 4.18. The molecule has 0 bridgehead atoms. The SMILES string of the molecule is C[C@@H]1C[C@@H](O)CN(C)C1. The van der Waals surface area contributed by atoms with Crippen LogP contribution in [0.5, 0.6) is 0 Å². The Hall–Kier alpha value is -0.0800. The predicted octanol–water partition coefficient (Wildman–Crippen LogP) is 0.319. The van der Waals surface area contributed by atoms with Crippen molar-refractivity contribution < 1.29 is 5.11 Å². The first-order valence-corrected chi connectivity index (χ1v) is 3.55. The molecular weight excluding hydrogens is 114 g/mol. The zero-order valence-electron chi connectivity index (χ0n) is 6.17. The Labute approximate surface area is 56.5 Å². The van der Waals surface area contributed by atoms with Gasteiger partial charge in [0.2, 0.25) is 0 Å². The first-order valence-electron chi connectivity index (χ1n) is 3.55. The lowest BCUT2D eigenvalue weighted by atomic mass is 9.99. The van der Waals surface area contributed by atoms with E-state index in [0.717, 1.165) is 19.5 Å². The second kappa shape index (κ2) is 2.67. The highest BCUT2D eigenvalue weighted by molar-refractivity contribution is 4.73. The van der Waals surface area contributed by atoms with Crippen molar-refractivity contribution in [3.63, 3.8) is 0 Å². The van der Waals surface area contributed by atoms with Crippen LogP contribution in [0.25, 0.3) is 0 Å². The minimum atomic E-state index is -0.0845. The molecular formula is C7H15NO. The fourth-order valence-corrected chi connectivity index (χ4v) is 1.58. The van der Waals surface area contributed by atoms with Gasteiger partial charge in [-0.2, -0.15) is 0 Å². The predicted molar refractivity (Wildman–Crippen MR) is 37.3 cm³/mol. The van der Waals surface area contributed by atoms with E-state index < -0.39 is 0 Å². The van der Waals surface area contributed by atoms with E-state index in [9.17, 15) is 5.11 Å². The number of piperidine rings is 1. The van der Waals surface area contributed by atoms with E-state index in [4.69, 9.17) is 0 Å². The Morgan fingerprint density at radius 3 is 2.56 bits per heavy atom. The maximum atomic E-state index is 9.21. The van der Waals surface area contributed by atoms with Crippen LogP contribution >= 0.6 is 0 Å². The second-order valence-electron chi connectivity index (χ2n) is 3.22. The summed E-state index contributed by atoms with van der Waals surface area (Å²) >= 11 is 0. The highest BCUT2D eigenvalue weighted by Gasteiger charge is 2.19. The van der Waals surface area contributed by atoms with Crippen LogP contribution < -0.4 is 0 Å². The van der Waals surface area contributed by atoms with Crippen molar-refractivity contribution >= 4 is 0 Å². The molecule has 1 saturated heterocycles. The summed E-state index contributed by atoms with van der Waals surface area (Å²) in [6, 6.07) is 0. The number of likely N-dealkylation sites (N-methyl/N-ethyl adjacent to an activating group) is 1. The van der Waals surface area contributed by atoms with Gasteiger partial charge in [-0.05, 0) is 19.4 Å². The molecule has 1 rings (SSSR count). The molecule has 1 aliphatic heterocycles. The van der Waals surface area contributed by atoms with Gasteiger partial charge in [0.1, 0.15) is 0 Å². The highest BCUT2D eigenvalue weighted by Crippen LogP contribution is 2.13. The molecule has 0 spiro atoms. The van der Waals surface area contributed by atoms with E-state index in [0.29, 0.717) is 5.92 Å². The van der Waals surface area contributed by atoms with Gasteiger partial charge in [0.25, 0.3) is 0 Å². The molecule has 0 aromatic rings. The van der Waals surface area contributed by atoms with Gasteiger partial charge in [0.05, 0.1) is 6.10 Å². The summed E-state index contributed by atoms with van der Waals surface area (Å²) in [6.45, 7) is 4.17. The van der Waals surface area contributed by atoms with Crippen LogP contribution in [-0.4, -0.2) is 36.2 Å². The minimum Gasteiger partial charge on any atom is -0.392 e. The average Bonchev–Trinajstić information content (AvgIpc) is 1.59. The van der Waals surface area contributed by atoms with Crippen molar-refractivity contribution in [2.75, 3.05) is 20.1 Å². The molecule has 0 aliphatic carbocycles. The van der Waals surface area contributed by atoms with Crippen LogP contribution in [0.3, 0.4) is 0 Å². The lowest BCUT2D eigenvalue weighted by Gasteiger charge is -2.30. The topological polar surface area (TPSA) is 23.5 Å². The highest BCUT2D eigenvalue weighted by atomic mass is 16.3. The summed E-state index contributed by atoms with van der Waals surface area (Å²) in [6.07, 6.45) is 0.892. The molecule has 54 valence electrons. The van der Waals surface area contributed by atoms with Crippen molar-refractivity contribution in [3.8, 4) is 0 Å². The molecule has 1 N–H and O–H groups in total. The van der Waals surface area contributed by atoms with Crippen molar-refractivity contribution in [3.05, 3.63) is 0 Å². The molecule has 1 aliphatic rings. The lowest BCUT2D eigenvalue weighted by molar-refractivity contribution is 0.0582. The normalized spacial score (nSPS) is 39.0. The molecule has 2 nitrogen and oxygen atoms in total. The van der Waals surface area contributed by atoms with Gasteiger partial charge in [0.15, 0.2) is 0 Å². The van der Waals surface area contributed by atoms with Crippen LogP contribution in [0, 0.1) is 5.92 Å². The van der Waals surface area contributed by atoms with Crippen LogP contribution in [0.2, 0.25) is 0 Å². The van der Waals surface area contributed by atoms with Gasteiger partial charge in [0, 0.05) is 13.1 Å².